The summed E-state index contributed by atoms with van der Waals surface area (Å²) in [6.45, 7) is 5.36. The normalized spacial score (nSPS) is 27.7. The first-order valence-electron chi connectivity index (χ1n) is 16.1. The number of aryl methyl sites for hydroxylation is 2. The Hall–Kier alpha value is -4.42. The monoisotopic (exact) mass is 726 g/mol. The number of hydrogen-bond donors (Lipinski definition) is 2. The van der Waals surface area contributed by atoms with Crippen molar-refractivity contribution in [1.29, 1.82) is 0 Å². The van der Waals surface area contributed by atoms with E-state index in [0.717, 1.165) is 10.6 Å². The van der Waals surface area contributed by atoms with Crippen LogP contribution in [0.4, 0.5) is 19.0 Å². The number of aromatic nitrogens is 1. The van der Waals surface area contributed by atoms with E-state index in [1.807, 2.05) is 6.08 Å². The van der Waals surface area contributed by atoms with E-state index in [1.165, 1.54) is 4.90 Å². The predicted molar refractivity (Wildman–Crippen MR) is 177 cm³/mol. The second-order valence-electron chi connectivity index (χ2n) is 13.3. The van der Waals surface area contributed by atoms with Crippen molar-refractivity contribution in [3.63, 3.8) is 0 Å². The molecule has 4 aliphatic rings. The molecule has 14 heteroatoms. The van der Waals surface area contributed by atoms with Gasteiger partial charge in [0.1, 0.15) is 5.75 Å². The molecule has 2 aromatic carbocycles. The minimum atomic E-state index is -4.73. The lowest BCUT2D eigenvalue weighted by atomic mass is 9.49. The average Bonchev–Trinajstić information content (AvgIpc) is 3.44. The Bertz CT molecular complexity index is 2000. The molecule has 6 atom stereocenters. The van der Waals surface area contributed by atoms with E-state index < -0.39 is 63.6 Å². The van der Waals surface area contributed by atoms with Gasteiger partial charge >= 0.3 is 6.18 Å². The molecule has 3 aromatic rings. The van der Waals surface area contributed by atoms with Gasteiger partial charge in [0, 0.05) is 23.7 Å². The van der Waals surface area contributed by atoms with Crippen molar-refractivity contribution in [3.05, 3.63) is 98.2 Å². The SMILES string of the molecule is CCN1C(=O)[C@H]2[C@H](CC=C3[C@H]2C[C@H]2C(=O)N(Nc4ncc(C(F)(F)F)cc4Cl)C(=O)[C@@]2(c2ccc(Cl)cc2)[C@H]3c2cc(C)c(O)c(C)c2)C1=O. The number of halogens is 5. The number of likely N-dealkylation sites (tertiary alicyclic amines) is 1. The maximum absolute atomic E-state index is 15.2. The van der Waals surface area contributed by atoms with Gasteiger partial charge in [0.2, 0.25) is 11.8 Å². The number of hydrazine groups is 1. The van der Waals surface area contributed by atoms with Crippen LogP contribution in [0.2, 0.25) is 10.0 Å². The number of hydrogen-bond acceptors (Lipinski definition) is 7. The Labute approximate surface area is 295 Å². The van der Waals surface area contributed by atoms with Gasteiger partial charge in [-0.15, -0.1) is 0 Å². The quantitative estimate of drug-likeness (QED) is 0.221. The number of phenolic OH excluding ortho intramolecular Hbond substituents is 1. The molecule has 0 spiro atoms. The molecule has 4 amide bonds. The highest BCUT2D eigenvalue weighted by atomic mass is 35.5. The van der Waals surface area contributed by atoms with Gasteiger partial charge in [-0.2, -0.15) is 18.2 Å². The fraction of sp³-hybridized carbons (Fsp3) is 0.361. The molecule has 1 aromatic heterocycles. The number of nitrogens with one attached hydrogen (secondary N) is 1. The number of alkyl halides is 3. The molecular weight excluding hydrogens is 696 g/mol. The molecule has 0 unspecified atom stereocenters. The lowest BCUT2D eigenvalue weighted by Gasteiger charge is -2.50. The smallest absolute Gasteiger partial charge is 0.417 e. The van der Waals surface area contributed by atoms with Crippen LogP contribution in [0, 0.1) is 37.5 Å². The molecule has 3 fully saturated rings. The third-order valence-electron chi connectivity index (χ3n) is 10.8. The van der Waals surface area contributed by atoms with Crippen LogP contribution in [0.1, 0.15) is 53.5 Å². The van der Waals surface area contributed by atoms with Gasteiger partial charge in [-0.25, -0.2) is 4.98 Å². The number of fused-ring (bicyclic) bond motifs is 4. The van der Waals surface area contributed by atoms with E-state index in [9.17, 15) is 32.7 Å². The standard InChI is InChI=1S/C36H31Cl2F3N4O5/c1-4-44-31(47)23-10-9-22-24(27(23)33(44)49)14-25-32(48)45(43-30-26(38)13-20(15-42-30)36(39,40)41)34(50)35(25,19-5-7-21(37)8-6-19)28(22)18-11-16(2)29(46)17(3)12-18/h5-9,11-13,15,23-25,27-28,46H,4,10,14H2,1-3H3,(H,42,43)/t23-,24+,25-,27-,28-,35+/m0/s1. The van der Waals surface area contributed by atoms with Gasteiger partial charge in [0.25, 0.3) is 11.8 Å². The minimum absolute atomic E-state index is 0.0235. The van der Waals surface area contributed by atoms with E-state index in [1.54, 1.807) is 57.2 Å². The van der Waals surface area contributed by atoms with E-state index in [2.05, 4.69) is 10.4 Å². The number of imide groups is 2. The van der Waals surface area contributed by atoms with Gasteiger partial charge in [-0.3, -0.25) is 29.5 Å². The Morgan fingerprint density at radius 3 is 2.24 bits per heavy atom. The minimum Gasteiger partial charge on any atom is -0.507 e. The molecule has 50 heavy (non-hydrogen) atoms. The molecule has 2 aliphatic carbocycles. The second kappa shape index (κ2) is 11.8. The van der Waals surface area contributed by atoms with E-state index >= 15 is 4.79 Å². The van der Waals surface area contributed by atoms with Crippen LogP contribution in [0.15, 0.2) is 60.3 Å². The highest BCUT2D eigenvalue weighted by Gasteiger charge is 2.70. The molecule has 7 rings (SSSR count). The average molecular weight is 728 g/mol. The van der Waals surface area contributed by atoms with Crippen LogP contribution in [0.25, 0.3) is 0 Å². The summed E-state index contributed by atoms with van der Waals surface area (Å²) >= 11 is 12.5. The topological polar surface area (TPSA) is 120 Å². The third kappa shape index (κ3) is 4.85. The largest absolute Gasteiger partial charge is 0.507 e. The van der Waals surface area contributed by atoms with Crippen LogP contribution < -0.4 is 5.43 Å². The summed E-state index contributed by atoms with van der Waals surface area (Å²) in [5.41, 5.74) is 2.66. The number of pyridine rings is 1. The Morgan fingerprint density at radius 1 is 0.980 bits per heavy atom. The number of carbonyl (C=O) groups is 4. The Morgan fingerprint density at radius 2 is 1.64 bits per heavy atom. The zero-order valence-electron chi connectivity index (χ0n) is 27.0. The highest BCUT2D eigenvalue weighted by Crippen LogP contribution is 2.64. The van der Waals surface area contributed by atoms with Gasteiger partial charge < -0.3 is 5.11 Å². The van der Waals surface area contributed by atoms with Gasteiger partial charge in [-0.1, -0.05) is 59.1 Å². The molecule has 3 heterocycles. The first kappa shape index (κ1) is 34.0. The van der Waals surface area contributed by atoms with Crippen molar-refractivity contribution >= 4 is 52.6 Å². The zero-order chi connectivity index (χ0) is 36.0. The van der Waals surface area contributed by atoms with Crippen LogP contribution in [-0.2, 0) is 30.8 Å². The van der Waals surface area contributed by atoms with E-state index in [0.29, 0.717) is 39.5 Å². The number of carbonyl (C=O) groups excluding carboxylic acids is 4. The van der Waals surface area contributed by atoms with Crippen molar-refractivity contribution in [1.82, 2.24) is 14.9 Å². The summed E-state index contributed by atoms with van der Waals surface area (Å²) in [5, 5.41) is 11.4. The lowest BCUT2D eigenvalue weighted by molar-refractivity contribution is -0.141. The molecule has 0 bridgehead atoms. The van der Waals surface area contributed by atoms with Gasteiger partial charge in [0.05, 0.1) is 33.8 Å². The molecule has 2 saturated heterocycles. The number of allylic oxidation sites excluding steroid dienone is 2. The fourth-order valence-electron chi connectivity index (χ4n) is 8.69. The van der Waals surface area contributed by atoms with Crippen LogP contribution >= 0.6 is 23.2 Å². The first-order chi connectivity index (χ1) is 23.6. The molecule has 2 N–H and O–H groups in total. The van der Waals surface area contributed by atoms with E-state index in [-0.39, 0.29) is 42.8 Å². The van der Waals surface area contributed by atoms with Crippen molar-refractivity contribution in [3.8, 4) is 5.75 Å². The molecule has 2 aliphatic heterocycles. The van der Waals surface area contributed by atoms with Gasteiger partial charge in [0.15, 0.2) is 5.82 Å². The third-order valence-corrected chi connectivity index (χ3v) is 11.4. The first-order valence-corrected chi connectivity index (χ1v) is 16.9. The number of benzene rings is 2. The number of anilines is 1. The second-order valence-corrected chi connectivity index (χ2v) is 14.2. The van der Waals surface area contributed by atoms with Crippen LogP contribution in [-0.4, -0.2) is 50.2 Å². The maximum atomic E-state index is 15.2. The summed E-state index contributed by atoms with van der Waals surface area (Å²) in [4.78, 5) is 62.1. The Balaban J connectivity index is 1.46. The van der Waals surface area contributed by atoms with Crippen LogP contribution in [0.3, 0.4) is 0 Å². The number of nitrogens with zero attached hydrogens (tertiary/aromatic N) is 3. The number of phenols is 1. The summed E-state index contributed by atoms with van der Waals surface area (Å²) in [6.07, 6.45) is -2.00. The lowest BCUT2D eigenvalue weighted by Crippen LogP contribution is -2.53. The molecule has 260 valence electrons. The molecular formula is C36H31Cl2F3N4O5. The van der Waals surface area contributed by atoms with Gasteiger partial charge in [-0.05, 0) is 80.0 Å². The molecule has 1 saturated carbocycles. The number of amides is 4. The fourth-order valence-corrected chi connectivity index (χ4v) is 9.03. The van der Waals surface area contributed by atoms with Crippen LogP contribution in [0.5, 0.6) is 5.75 Å². The maximum Gasteiger partial charge on any atom is 0.417 e. The summed E-state index contributed by atoms with van der Waals surface area (Å²) in [6, 6.07) is 10.7. The van der Waals surface area contributed by atoms with Crippen molar-refractivity contribution in [2.45, 2.75) is 51.1 Å². The summed E-state index contributed by atoms with van der Waals surface area (Å²) in [5.74, 6) is -6.28. The summed E-state index contributed by atoms with van der Waals surface area (Å²) < 4.78 is 40.2. The van der Waals surface area contributed by atoms with Crippen molar-refractivity contribution in [2.75, 3.05) is 12.0 Å². The van der Waals surface area contributed by atoms with Crippen molar-refractivity contribution < 1.29 is 37.5 Å². The molecule has 9 nitrogen and oxygen atoms in total. The van der Waals surface area contributed by atoms with Crippen molar-refractivity contribution in [2.24, 2.45) is 23.7 Å². The Kier molecular flexibility index (Phi) is 8.06. The molecule has 0 radical (unpaired) electrons. The van der Waals surface area contributed by atoms with E-state index in [4.69, 9.17) is 23.2 Å². The summed E-state index contributed by atoms with van der Waals surface area (Å²) in [7, 11) is 0. The zero-order valence-corrected chi connectivity index (χ0v) is 28.5. The highest BCUT2D eigenvalue weighted by molar-refractivity contribution is 6.33. The number of rotatable bonds is 5. The number of aromatic hydroxyl groups is 1. The predicted octanol–water partition coefficient (Wildman–Crippen LogP) is 6.73.